The molecule has 0 atom stereocenters. The molecule has 2 N–H and O–H groups in total. The van der Waals surface area contributed by atoms with Crippen molar-refractivity contribution in [2.75, 3.05) is 19.5 Å². The van der Waals surface area contributed by atoms with E-state index in [0.29, 0.717) is 23.6 Å². The van der Waals surface area contributed by atoms with Gasteiger partial charge in [-0.05, 0) is 23.6 Å². The van der Waals surface area contributed by atoms with E-state index in [9.17, 15) is 4.79 Å². The van der Waals surface area contributed by atoms with E-state index in [1.807, 2.05) is 17.5 Å². The van der Waals surface area contributed by atoms with Gasteiger partial charge in [0.25, 0.3) is 0 Å². The molecule has 2 rings (SSSR count). The van der Waals surface area contributed by atoms with Crippen LogP contribution in [-0.4, -0.2) is 19.7 Å². The minimum Gasteiger partial charge on any atom is -0.496 e. The SMILES string of the molecule is COc1cc(N)ccc1C(=O)OCCc1cccs1. The Morgan fingerprint density at radius 1 is 1.37 bits per heavy atom. The van der Waals surface area contributed by atoms with E-state index < -0.39 is 5.97 Å². The highest BCUT2D eigenvalue weighted by molar-refractivity contribution is 7.09. The number of hydrogen-bond donors (Lipinski definition) is 1. The highest BCUT2D eigenvalue weighted by atomic mass is 32.1. The Balaban J connectivity index is 1.96. The van der Waals surface area contributed by atoms with Crippen molar-refractivity contribution >= 4 is 23.0 Å². The predicted octanol–water partition coefficient (Wildman–Crippen LogP) is 2.74. The number of hydrogen-bond acceptors (Lipinski definition) is 5. The maximum atomic E-state index is 11.9. The Morgan fingerprint density at radius 2 is 2.21 bits per heavy atom. The molecule has 0 saturated heterocycles. The highest BCUT2D eigenvalue weighted by Gasteiger charge is 2.13. The largest absolute Gasteiger partial charge is 0.496 e. The van der Waals surface area contributed by atoms with Gasteiger partial charge in [-0.25, -0.2) is 4.79 Å². The topological polar surface area (TPSA) is 61.5 Å². The van der Waals surface area contributed by atoms with Crippen LogP contribution in [0.2, 0.25) is 0 Å². The number of carbonyl (C=O) groups excluding carboxylic acids is 1. The first-order valence-electron chi connectivity index (χ1n) is 5.83. The second-order valence-electron chi connectivity index (χ2n) is 3.93. The number of rotatable bonds is 5. The molecule has 19 heavy (non-hydrogen) atoms. The second kappa shape index (κ2) is 6.24. The Labute approximate surface area is 115 Å². The molecule has 0 spiro atoms. The highest BCUT2D eigenvalue weighted by Crippen LogP contribution is 2.22. The van der Waals surface area contributed by atoms with E-state index in [0.717, 1.165) is 6.42 Å². The summed E-state index contributed by atoms with van der Waals surface area (Å²) in [5.41, 5.74) is 6.58. The smallest absolute Gasteiger partial charge is 0.341 e. The van der Waals surface area contributed by atoms with E-state index in [-0.39, 0.29) is 0 Å². The first-order valence-corrected chi connectivity index (χ1v) is 6.71. The number of anilines is 1. The number of carbonyl (C=O) groups is 1. The number of thiophene rings is 1. The molecule has 1 aromatic carbocycles. The van der Waals surface area contributed by atoms with Gasteiger partial charge in [0.05, 0.1) is 13.7 Å². The third kappa shape index (κ3) is 3.48. The van der Waals surface area contributed by atoms with Crippen LogP contribution in [0.15, 0.2) is 35.7 Å². The van der Waals surface area contributed by atoms with Crippen LogP contribution in [0.1, 0.15) is 15.2 Å². The molecule has 2 aromatic rings. The molecule has 0 fully saturated rings. The van der Waals surface area contributed by atoms with Gasteiger partial charge in [-0.2, -0.15) is 0 Å². The van der Waals surface area contributed by atoms with Crippen molar-refractivity contribution < 1.29 is 14.3 Å². The average molecular weight is 277 g/mol. The molecule has 100 valence electrons. The monoisotopic (exact) mass is 277 g/mol. The standard InChI is InChI=1S/C14H15NO3S/c1-17-13-9-10(15)4-5-12(13)14(16)18-7-6-11-3-2-8-19-11/h2-5,8-9H,6-7,15H2,1H3. The van der Waals surface area contributed by atoms with Crippen molar-refractivity contribution in [3.8, 4) is 5.75 Å². The maximum Gasteiger partial charge on any atom is 0.341 e. The Kier molecular flexibility index (Phi) is 4.41. The van der Waals surface area contributed by atoms with E-state index in [1.54, 1.807) is 29.5 Å². The molecule has 0 aliphatic carbocycles. The molecule has 0 aliphatic heterocycles. The second-order valence-corrected chi connectivity index (χ2v) is 4.96. The van der Waals surface area contributed by atoms with Crippen LogP contribution in [0.3, 0.4) is 0 Å². The summed E-state index contributed by atoms with van der Waals surface area (Å²) in [6, 6.07) is 8.86. The van der Waals surface area contributed by atoms with Gasteiger partial charge in [-0.15, -0.1) is 11.3 Å². The lowest BCUT2D eigenvalue weighted by Gasteiger charge is -2.09. The molecular formula is C14H15NO3S. The van der Waals surface area contributed by atoms with Crippen LogP contribution in [0, 0.1) is 0 Å². The third-order valence-electron chi connectivity index (χ3n) is 2.61. The number of nitrogen functional groups attached to an aromatic ring is 1. The molecule has 5 heteroatoms. The Hall–Kier alpha value is -2.01. The van der Waals surface area contributed by atoms with Crippen molar-refractivity contribution in [1.29, 1.82) is 0 Å². The summed E-state index contributed by atoms with van der Waals surface area (Å²) < 4.78 is 10.4. The summed E-state index contributed by atoms with van der Waals surface area (Å²) in [5, 5.41) is 2.00. The fraction of sp³-hybridized carbons (Fsp3) is 0.214. The fourth-order valence-electron chi connectivity index (χ4n) is 1.65. The average Bonchev–Trinajstić information content (AvgIpc) is 2.91. The van der Waals surface area contributed by atoms with Gasteiger partial charge < -0.3 is 15.2 Å². The molecule has 0 aliphatic rings. The van der Waals surface area contributed by atoms with Gasteiger partial charge >= 0.3 is 5.97 Å². The van der Waals surface area contributed by atoms with Gasteiger partial charge in [0.15, 0.2) is 0 Å². The fourth-order valence-corrected chi connectivity index (χ4v) is 2.34. The van der Waals surface area contributed by atoms with Crippen molar-refractivity contribution in [3.05, 3.63) is 46.2 Å². The molecule has 0 amide bonds. The molecule has 0 saturated carbocycles. The van der Waals surface area contributed by atoms with E-state index in [4.69, 9.17) is 15.2 Å². The summed E-state index contributed by atoms with van der Waals surface area (Å²) in [4.78, 5) is 13.1. The molecule has 0 bridgehead atoms. The van der Waals surface area contributed by atoms with Gasteiger partial charge in [0.1, 0.15) is 11.3 Å². The molecule has 1 heterocycles. The van der Waals surface area contributed by atoms with Gasteiger partial charge in [-0.1, -0.05) is 6.07 Å². The normalized spacial score (nSPS) is 10.2. The third-order valence-corrected chi connectivity index (χ3v) is 3.54. The quantitative estimate of drug-likeness (QED) is 0.674. The Morgan fingerprint density at radius 3 is 2.89 bits per heavy atom. The molecule has 4 nitrogen and oxygen atoms in total. The van der Waals surface area contributed by atoms with Gasteiger partial charge in [-0.3, -0.25) is 0 Å². The number of nitrogens with two attached hydrogens (primary N) is 1. The van der Waals surface area contributed by atoms with Gasteiger partial charge in [0, 0.05) is 23.1 Å². The van der Waals surface area contributed by atoms with Gasteiger partial charge in [0.2, 0.25) is 0 Å². The first kappa shape index (κ1) is 13.4. The summed E-state index contributed by atoms with van der Waals surface area (Å²) in [7, 11) is 1.50. The minimum atomic E-state index is -0.395. The van der Waals surface area contributed by atoms with Crippen LogP contribution >= 0.6 is 11.3 Å². The van der Waals surface area contributed by atoms with Crippen LogP contribution in [0.4, 0.5) is 5.69 Å². The first-order chi connectivity index (χ1) is 9.20. The van der Waals surface area contributed by atoms with E-state index in [1.165, 1.54) is 12.0 Å². The zero-order valence-corrected chi connectivity index (χ0v) is 11.4. The minimum absolute atomic E-state index is 0.354. The van der Waals surface area contributed by atoms with Crippen LogP contribution < -0.4 is 10.5 Å². The number of ether oxygens (including phenoxy) is 2. The number of benzene rings is 1. The lowest BCUT2D eigenvalue weighted by Crippen LogP contribution is -2.09. The summed E-state index contributed by atoms with van der Waals surface area (Å²) in [6.07, 6.45) is 0.723. The van der Waals surface area contributed by atoms with Crippen LogP contribution in [0.25, 0.3) is 0 Å². The lowest BCUT2D eigenvalue weighted by atomic mass is 10.2. The lowest BCUT2D eigenvalue weighted by molar-refractivity contribution is 0.0506. The van der Waals surface area contributed by atoms with E-state index >= 15 is 0 Å². The van der Waals surface area contributed by atoms with Crippen molar-refractivity contribution in [2.45, 2.75) is 6.42 Å². The number of methoxy groups -OCH3 is 1. The van der Waals surface area contributed by atoms with Crippen molar-refractivity contribution in [3.63, 3.8) is 0 Å². The zero-order chi connectivity index (χ0) is 13.7. The Bertz CT molecular complexity index is 552. The predicted molar refractivity (Wildman–Crippen MR) is 75.7 cm³/mol. The maximum absolute atomic E-state index is 11.9. The van der Waals surface area contributed by atoms with Crippen molar-refractivity contribution in [2.24, 2.45) is 0 Å². The molecule has 1 aromatic heterocycles. The summed E-state index contributed by atoms with van der Waals surface area (Å²) in [6.45, 7) is 0.354. The van der Waals surface area contributed by atoms with Crippen LogP contribution in [0.5, 0.6) is 5.75 Å². The van der Waals surface area contributed by atoms with E-state index in [2.05, 4.69) is 0 Å². The molecule has 0 radical (unpaired) electrons. The summed E-state index contributed by atoms with van der Waals surface area (Å²) in [5.74, 6) is 0.0366. The number of esters is 1. The molecule has 0 unspecified atom stereocenters. The molecular weight excluding hydrogens is 262 g/mol. The zero-order valence-electron chi connectivity index (χ0n) is 10.6. The van der Waals surface area contributed by atoms with Crippen molar-refractivity contribution in [1.82, 2.24) is 0 Å². The van der Waals surface area contributed by atoms with Crippen LogP contribution in [-0.2, 0) is 11.2 Å². The summed E-state index contributed by atoms with van der Waals surface area (Å²) >= 11 is 1.65.